The molecule has 0 saturated heterocycles. The molecule has 1 aromatic heterocycles. The third-order valence-electron chi connectivity index (χ3n) is 3.66. The van der Waals surface area contributed by atoms with Crippen molar-refractivity contribution < 1.29 is 17.9 Å². The van der Waals surface area contributed by atoms with E-state index in [2.05, 4.69) is 10.3 Å². The zero-order chi connectivity index (χ0) is 19.3. The van der Waals surface area contributed by atoms with Crippen molar-refractivity contribution in [3.8, 4) is 11.6 Å². The highest BCUT2D eigenvalue weighted by atomic mass is 32.2. The quantitative estimate of drug-likeness (QED) is 0.679. The number of benzene rings is 2. The lowest BCUT2D eigenvalue weighted by atomic mass is 10.2. The molecule has 3 rings (SSSR count). The maximum absolute atomic E-state index is 12.4. The predicted molar refractivity (Wildman–Crippen MR) is 99.7 cm³/mol. The predicted octanol–water partition coefficient (Wildman–Crippen LogP) is 2.45. The van der Waals surface area contributed by atoms with Crippen LogP contribution in [-0.2, 0) is 16.6 Å². The van der Waals surface area contributed by atoms with Gasteiger partial charge in [0.15, 0.2) is 0 Å². The number of rotatable bonds is 6. The minimum atomic E-state index is -3.73. The largest absolute Gasteiger partial charge is 0.439 e. The van der Waals surface area contributed by atoms with Crippen molar-refractivity contribution in [2.45, 2.75) is 11.4 Å². The third kappa shape index (κ3) is 5.13. The lowest BCUT2D eigenvalue weighted by Crippen LogP contribution is -2.22. The number of primary sulfonamides is 1. The molecule has 0 aliphatic carbocycles. The number of amides is 1. The van der Waals surface area contributed by atoms with Crippen molar-refractivity contribution in [3.05, 3.63) is 84.1 Å². The van der Waals surface area contributed by atoms with Gasteiger partial charge in [0.05, 0.1) is 4.90 Å². The number of ether oxygens (including phenoxy) is 1. The maximum Gasteiger partial charge on any atom is 0.251 e. The van der Waals surface area contributed by atoms with Crippen molar-refractivity contribution >= 4 is 15.9 Å². The molecule has 0 spiro atoms. The number of aromatic nitrogens is 1. The molecule has 3 aromatic rings. The minimum absolute atomic E-state index is 0.0250. The molecule has 0 unspecified atom stereocenters. The zero-order valence-corrected chi connectivity index (χ0v) is 15.0. The van der Waals surface area contributed by atoms with Crippen LogP contribution in [0.2, 0.25) is 0 Å². The average Bonchev–Trinajstić information content (AvgIpc) is 2.67. The molecule has 0 atom stereocenters. The Morgan fingerprint density at radius 1 is 1.04 bits per heavy atom. The number of sulfonamides is 1. The summed E-state index contributed by atoms with van der Waals surface area (Å²) in [6.07, 6.45) is 1.62. The smallest absolute Gasteiger partial charge is 0.251 e. The third-order valence-corrected chi connectivity index (χ3v) is 4.59. The van der Waals surface area contributed by atoms with E-state index in [-0.39, 0.29) is 17.3 Å². The lowest BCUT2D eigenvalue weighted by Gasteiger charge is -2.08. The Bertz CT molecular complexity index is 1040. The standard InChI is InChI=1S/C19H17N3O4S/c20-27(24,25)17-9-7-14(8-10-17)13-22-19(23)15-4-3-5-16(12-15)26-18-6-1-2-11-21-18/h1-12H,13H2,(H,22,23)(H2,20,24,25). The fourth-order valence-corrected chi connectivity index (χ4v) is 2.83. The van der Waals surface area contributed by atoms with Crippen molar-refractivity contribution in [1.82, 2.24) is 10.3 Å². The molecule has 1 heterocycles. The second kappa shape index (κ2) is 7.98. The number of carbonyl (C=O) groups excluding carboxylic acids is 1. The number of nitrogens with zero attached hydrogens (tertiary/aromatic N) is 1. The Morgan fingerprint density at radius 2 is 1.81 bits per heavy atom. The van der Waals surface area contributed by atoms with Crippen LogP contribution >= 0.6 is 0 Å². The highest BCUT2D eigenvalue weighted by molar-refractivity contribution is 7.89. The lowest BCUT2D eigenvalue weighted by molar-refractivity contribution is 0.0950. The van der Waals surface area contributed by atoms with E-state index in [0.717, 1.165) is 5.56 Å². The second-order valence-electron chi connectivity index (χ2n) is 5.67. The van der Waals surface area contributed by atoms with Crippen LogP contribution < -0.4 is 15.2 Å². The van der Waals surface area contributed by atoms with E-state index in [1.807, 2.05) is 0 Å². The van der Waals surface area contributed by atoms with Crippen LogP contribution in [0.25, 0.3) is 0 Å². The fourth-order valence-electron chi connectivity index (χ4n) is 2.31. The van der Waals surface area contributed by atoms with Crippen molar-refractivity contribution in [2.24, 2.45) is 5.14 Å². The van der Waals surface area contributed by atoms with Gasteiger partial charge in [-0.05, 0) is 42.0 Å². The topological polar surface area (TPSA) is 111 Å². The Kier molecular flexibility index (Phi) is 5.49. The first kappa shape index (κ1) is 18.6. The Balaban J connectivity index is 1.63. The van der Waals surface area contributed by atoms with Gasteiger partial charge in [0.25, 0.3) is 5.91 Å². The summed E-state index contributed by atoms with van der Waals surface area (Å²) in [5.41, 5.74) is 1.18. The molecule has 0 aliphatic rings. The highest BCUT2D eigenvalue weighted by Gasteiger charge is 2.09. The number of hydrogen-bond acceptors (Lipinski definition) is 5. The monoisotopic (exact) mass is 383 g/mol. The molecule has 8 heteroatoms. The van der Waals surface area contributed by atoms with Crippen molar-refractivity contribution in [2.75, 3.05) is 0 Å². The van der Waals surface area contributed by atoms with E-state index in [0.29, 0.717) is 17.2 Å². The summed E-state index contributed by atoms with van der Waals surface area (Å²) in [4.78, 5) is 16.4. The summed E-state index contributed by atoms with van der Waals surface area (Å²) in [5, 5.41) is 7.83. The molecule has 3 N–H and O–H groups in total. The van der Waals surface area contributed by atoms with Gasteiger partial charge in [-0.3, -0.25) is 4.79 Å². The van der Waals surface area contributed by atoms with E-state index >= 15 is 0 Å². The van der Waals surface area contributed by atoms with E-state index in [4.69, 9.17) is 9.88 Å². The molecule has 27 heavy (non-hydrogen) atoms. The fraction of sp³-hybridized carbons (Fsp3) is 0.0526. The first-order valence-corrected chi connectivity index (χ1v) is 9.55. The molecule has 2 aromatic carbocycles. The van der Waals surface area contributed by atoms with Gasteiger partial charge in [0, 0.05) is 24.4 Å². The normalized spacial score (nSPS) is 11.0. The van der Waals surface area contributed by atoms with Gasteiger partial charge in [-0.15, -0.1) is 0 Å². The summed E-state index contributed by atoms with van der Waals surface area (Å²) in [6, 6.07) is 18.0. The van der Waals surface area contributed by atoms with E-state index in [1.165, 1.54) is 12.1 Å². The number of pyridine rings is 1. The molecular weight excluding hydrogens is 366 g/mol. The SMILES string of the molecule is NS(=O)(=O)c1ccc(CNC(=O)c2cccc(Oc3ccccn3)c2)cc1. The van der Waals surface area contributed by atoms with Crippen LogP contribution in [0.5, 0.6) is 11.6 Å². The van der Waals surface area contributed by atoms with Gasteiger partial charge in [-0.25, -0.2) is 18.5 Å². The van der Waals surface area contributed by atoms with E-state index in [1.54, 1.807) is 60.8 Å². The van der Waals surface area contributed by atoms with Gasteiger partial charge in [0.1, 0.15) is 5.75 Å². The summed E-state index contributed by atoms with van der Waals surface area (Å²) in [5.74, 6) is 0.654. The van der Waals surface area contributed by atoms with Gasteiger partial charge in [-0.2, -0.15) is 0 Å². The first-order chi connectivity index (χ1) is 12.9. The number of nitrogens with one attached hydrogen (secondary N) is 1. The Hall–Kier alpha value is -3.23. The highest BCUT2D eigenvalue weighted by Crippen LogP contribution is 2.20. The number of nitrogens with two attached hydrogens (primary N) is 1. The van der Waals surface area contributed by atoms with E-state index < -0.39 is 10.0 Å². The maximum atomic E-state index is 12.4. The molecule has 0 radical (unpaired) electrons. The van der Waals surface area contributed by atoms with Crippen molar-refractivity contribution in [3.63, 3.8) is 0 Å². The molecule has 7 nitrogen and oxygen atoms in total. The molecular formula is C19H17N3O4S. The summed E-state index contributed by atoms with van der Waals surface area (Å²) < 4.78 is 28.1. The molecule has 1 amide bonds. The van der Waals surface area contributed by atoms with Gasteiger partial charge < -0.3 is 10.1 Å². The number of carbonyl (C=O) groups is 1. The summed E-state index contributed by atoms with van der Waals surface area (Å²) in [6.45, 7) is 0.245. The van der Waals surface area contributed by atoms with Crippen LogP contribution in [0.15, 0.2) is 77.8 Å². The van der Waals surface area contributed by atoms with Crippen LogP contribution in [0.1, 0.15) is 15.9 Å². The van der Waals surface area contributed by atoms with Crippen LogP contribution in [0.3, 0.4) is 0 Å². The summed E-state index contributed by atoms with van der Waals surface area (Å²) in [7, 11) is -3.73. The second-order valence-corrected chi connectivity index (χ2v) is 7.23. The molecule has 0 saturated carbocycles. The van der Waals surface area contributed by atoms with E-state index in [9.17, 15) is 13.2 Å². The number of hydrogen-bond donors (Lipinski definition) is 2. The van der Waals surface area contributed by atoms with Gasteiger partial charge >= 0.3 is 0 Å². The Morgan fingerprint density at radius 3 is 2.48 bits per heavy atom. The van der Waals surface area contributed by atoms with Crippen LogP contribution in [-0.4, -0.2) is 19.3 Å². The summed E-state index contributed by atoms with van der Waals surface area (Å²) >= 11 is 0. The molecule has 0 bridgehead atoms. The minimum Gasteiger partial charge on any atom is -0.439 e. The molecule has 138 valence electrons. The van der Waals surface area contributed by atoms with Crippen molar-refractivity contribution in [1.29, 1.82) is 0 Å². The Labute approximate surface area is 156 Å². The zero-order valence-electron chi connectivity index (χ0n) is 14.2. The molecule has 0 fully saturated rings. The van der Waals surface area contributed by atoms with Gasteiger partial charge in [0.2, 0.25) is 15.9 Å². The van der Waals surface area contributed by atoms with Gasteiger partial charge in [-0.1, -0.05) is 24.3 Å². The first-order valence-electron chi connectivity index (χ1n) is 8.01. The van der Waals surface area contributed by atoms with Crippen LogP contribution in [0.4, 0.5) is 0 Å². The average molecular weight is 383 g/mol. The molecule has 0 aliphatic heterocycles. The van der Waals surface area contributed by atoms with Crippen LogP contribution in [0, 0.1) is 0 Å².